The summed E-state index contributed by atoms with van der Waals surface area (Å²) in [5.74, 6) is -2.87. The summed E-state index contributed by atoms with van der Waals surface area (Å²) >= 11 is 5.95. The molecule has 0 saturated heterocycles. The molecule has 0 saturated carbocycles. The summed E-state index contributed by atoms with van der Waals surface area (Å²) in [5.41, 5.74) is 1.35. The smallest absolute Gasteiger partial charge is 0.152 e. The molecule has 0 radical (unpaired) electrons. The summed E-state index contributed by atoms with van der Waals surface area (Å²) in [6.07, 6.45) is 0. The quantitative estimate of drug-likeness (QED) is 0.863. The molecule has 5 heteroatoms. The molecular formula is C14H11ClF3N. The van der Waals surface area contributed by atoms with Gasteiger partial charge < -0.3 is 5.32 Å². The zero-order valence-electron chi connectivity index (χ0n) is 10.1. The molecule has 2 aromatic rings. The van der Waals surface area contributed by atoms with Crippen LogP contribution in [-0.2, 0) is 6.54 Å². The number of rotatable bonds is 3. The van der Waals surface area contributed by atoms with Gasteiger partial charge in [0.25, 0.3) is 0 Å². The second-order valence-electron chi connectivity index (χ2n) is 4.18. The van der Waals surface area contributed by atoms with Crippen molar-refractivity contribution in [1.82, 2.24) is 0 Å². The van der Waals surface area contributed by atoms with Crippen LogP contribution in [0.25, 0.3) is 0 Å². The summed E-state index contributed by atoms with van der Waals surface area (Å²) in [6, 6.07) is 6.59. The molecule has 0 fully saturated rings. The third-order valence-corrected chi connectivity index (χ3v) is 3.12. The van der Waals surface area contributed by atoms with Crippen LogP contribution in [0.1, 0.15) is 11.1 Å². The standard InChI is InChI=1S/C14H11ClF3N/c1-8-2-3-9(4-11(8)15)7-19-14-12(17)5-10(16)6-13(14)18/h2-6,19H,7H2,1H3. The van der Waals surface area contributed by atoms with Gasteiger partial charge in [0.15, 0.2) is 11.6 Å². The number of hydrogen-bond donors (Lipinski definition) is 1. The van der Waals surface area contributed by atoms with Crippen molar-refractivity contribution in [3.8, 4) is 0 Å². The lowest BCUT2D eigenvalue weighted by molar-refractivity contribution is 0.547. The number of halogens is 4. The maximum Gasteiger partial charge on any atom is 0.152 e. The molecule has 0 amide bonds. The molecule has 0 spiro atoms. The minimum absolute atomic E-state index is 0.194. The van der Waals surface area contributed by atoms with Crippen LogP contribution in [0, 0.1) is 24.4 Å². The Bertz CT molecular complexity index is 591. The van der Waals surface area contributed by atoms with Crippen LogP contribution in [0.4, 0.5) is 18.9 Å². The van der Waals surface area contributed by atoms with Gasteiger partial charge in [0, 0.05) is 23.7 Å². The Hall–Kier alpha value is -1.68. The number of aryl methyl sites for hydroxylation is 1. The Morgan fingerprint density at radius 3 is 2.26 bits per heavy atom. The van der Waals surface area contributed by atoms with E-state index >= 15 is 0 Å². The molecule has 100 valence electrons. The van der Waals surface area contributed by atoms with E-state index in [0.29, 0.717) is 17.2 Å². The number of anilines is 1. The molecular weight excluding hydrogens is 275 g/mol. The molecule has 0 aromatic heterocycles. The summed E-state index contributed by atoms with van der Waals surface area (Å²) < 4.78 is 39.5. The van der Waals surface area contributed by atoms with Crippen molar-refractivity contribution in [2.24, 2.45) is 0 Å². The Labute approximate surface area is 114 Å². The van der Waals surface area contributed by atoms with Crippen LogP contribution in [0.3, 0.4) is 0 Å². The van der Waals surface area contributed by atoms with E-state index in [2.05, 4.69) is 5.32 Å². The molecule has 0 atom stereocenters. The van der Waals surface area contributed by atoms with Gasteiger partial charge in [0.1, 0.15) is 11.5 Å². The van der Waals surface area contributed by atoms with E-state index in [1.165, 1.54) is 0 Å². The van der Waals surface area contributed by atoms with E-state index in [1.54, 1.807) is 12.1 Å². The predicted molar refractivity (Wildman–Crippen MR) is 69.8 cm³/mol. The third-order valence-electron chi connectivity index (χ3n) is 2.71. The van der Waals surface area contributed by atoms with Crippen LogP contribution in [0.5, 0.6) is 0 Å². The highest BCUT2D eigenvalue weighted by atomic mass is 35.5. The average molecular weight is 286 g/mol. The van der Waals surface area contributed by atoms with Crippen LogP contribution in [-0.4, -0.2) is 0 Å². The van der Waals surface area contributed by atoms with E-state index in [4.69, 9.17) is 11.6 Å². The number of nitrogens with one attached hydrogen (secondary N) is 1. The molecule has 0 aliphatic heterocycles. The predicted octanol–water partition coefficient (Wildman–Crippen LogP) is 4.68. The Morgan fingerprint density at radius 1 is 1.05 bits per heavy atom. The number of benzene rings is 2. The summed E-state index contributed by atoms with van der Waals surface area (Å²) in [7, 11) is 0. The van der Waals surface area contributed by atoms with Crippen molar-refractivity contribution in [3.63, 3.8) is 0 Å². The van der Waals surface area contributed by atoms with Gasteiger partial charge in [-0.05, 0) is 24.1 Å². The lowest BCUT2D eigenvalue weighted by atomic mass is 10.1. The van der Waals surface area contributed by atoms with Crippen LogP contribution < -0.4 is 5.32 Å². The molecule has 1 N–H and O–H groups in total. The van der Waals surface area contributed by atoms with Gasteiger partial charge in [-0.25, -0.2) is 13.2 Å². The first-order valence-electron chi connectivity index (χ1n) is 5.61. The lowest BCUT2D eigenvalue weighted by Gasteiger charge is -2.10. The van der Waals surface area contributed by atoms with Crippen molar-refractivity contribution in [1.29, 1.82) is 0 Å². The summed E-state index contributed by atoms with van der Waals surface area (Å²) in [4.78, 5) is 0. The van der Waals surface area contributed by atoms with Crippen LogP contribution in [0.15, 0.2) is 30.3 Å². The van der Waals surface area contributed by atoms with Crippen molar-refractivity contribution in [2.45, 2.75) is 13.5 Å². The number of hydrogen-bond acceptors (Lipinski definition) is 1. The second-order valence-corrected chi connectivity index (χ2v) is 4.59. The maximum absolute atomic E-state index is 13.4. The molecule has 0 heterocycles. The second kappa shape index (κ2) is 5.53. The molecule has 0 unspecified atom stereocenters. The maximum atomic E-state index is 13.4. The van der Waals surface area contributed by atoms with Gasteiger partial charge in [0.05, 0.1) is 0 Å². The Balaban J connectivity index is 2.16. The fourth-order valence-corrected chi connectivity index (χ4v) is 1.85. The van der Waals surface area contributed by atoms with Gasteiger partial charge >= 0.3 is 0 Å². The van der Waals surface area contributed by atoms with E-state index in [1.807, 2.05) is 13.0 Å². The first-order valence-corrected chi connectivity index (χ1v) is 5.98. The minimum atomic E-state index is -0.962. The van der Waals surface area contributed by atoms with Crippen molar-refractivity contribution >= 4 is 17.3 Å². The molecule has 2 rings (SSSR count). The van der Waals surface area contributed by atoms with Gasteiger partial charge in [0.2, 0.25) is 0 Å². The van der Waals surface area contributed by atoms with Gasteiger partial charge in [-0.15, -0.1) is 0 Å². The fraction of sp³-hybridized carbons (Fsp3) is 0.143. The SMILES string of the molecule is Cc1ccc(CNc2c(F)cc(F)cc2F)cc1Cl. The van der Waals surface area contributed by atoms with Crippen LogP contribution >= 0.6 is 11.6 Å². The van der Waals surface area contributed by atoms with Gasteiger partial charge in [-0.1, -0.05) is 23.7 Å². The highest BCUT2D eigenvalue weighted by Crippen LogP contribution is 2.22. The van der Waals surface area contributed by atoms with Gasteiger partial charge in [-0.2, -0.15) is 0 Å². The summed E-state index contributed by atoms with van der Waals surface area (Å²) in [5, 5.41) is 3.18. The van der Waals surface area contributed by atoms with E-state index in [-0.39, 0.29) is 12.2 Å². The molecule has 0 aliphatic carbocycles. The van der Waals surface area contributed by atoms with Crippen molar-refractivity contribution in [2.75, 3.05) is 5.32 Å². The van der Waals surface area contributed by atoms with Crippen LogP contribution in [0.2, 0.25) is 5.02 Å². The molecule has 19 heavy (non-hydrogen) atoms. The average Bonchev–Trinajstić information content (AvgIpc) is 2.32. The highest BCUT2D eigenvalue weighted by molar-refractivity contribution is 6.31. The highest BCUT2D eigenvalue weighted by Gasteiger charge is 2.11. The minimum Gasteiger partial charge on any atom is -0.376 e. The molecule has 2 aromatic carbocycles. The van der Waals surface area contributed by atoms with E-state index < -0.39 is 17.5 Å². The molecule has 0 aliphatic rings. The zero-order chi connectivity index (χ0) is 14.0. The Morgan fingerprint density at radius 2 is 1.68 bits per heavy atom. The monoisotopic (exact) mass is 285 g/mol. The lowest BCUT2D eigenvalue weighted by Crippen LogP contribution is -2.04. The third kappa shape index (κ3) is 3.20. The van der Waals surface area contributed by atoms with E-state index in [0.717, 1.165) is 11.1 Å². The zero-order valence-corrected chi connectivity index (χ0v) is 10.9. The van der Waals surface area contributed by atoms with Crippen molar-refractivity contribution in [3.05, 3.63) is 63.9 Å². The van der Waals surface area contributed by atoms with Crippen molar-refractivity contribution < 1.29 is 13.2 Å². The van der Waals surface area contributed by atoms with E-state index in [9.17, 15) is 13.2 Å². The largest absolute Gasteiger partial charge is 0.376 e. The normalized spacial score (nSPS) is 10.6. The first-order chi connectivity index (χ1) is 8.97. The Kier molecular flexibility index (Phi) is 4.00. The molecule has 0 bridgehead atoms. The summed E-state index contributed by atoms with van der Waals surface area (Å²) in [6.45, 7) is 2.05. The topological polar surface area (TPSA) is 12.0 Å². The molecule has 1 nitrogen and oxygen atoms in total. The fourth-order valence-electron chi connectivity index (χ4n) is 1.65. The van der Waals surface area contributed by atoms with Gasteiger partial charge in [-0.3, -0.25) is 0 Å². The first kappa shape index (κ1) is 13.7.